The van der Waals surface area contributed by atoms with Crippen LogP contribution in [0.4, 0.5) is 11.5 Å². The highest BCUT2D eigenvalue weighted by molar-refractivity contribution is 7.18. The molecule has 1 saturated heterocycles. The predicted molar refractivity (Wildman–Crippen MR) is 120 cm³/mol. The Hall–Kier alpha value is -2.67. The predicted octanol–water partition coefficient (Wildman–Crippen LogP) is 3.69. The smallest absolute Gasteiger partial charge is 0.242 e. The van der Waals surface area contributed by atoms with Gasteiger partial charge in [0.15, 0.2) is 0 Å². The lowest BCUT2D eigenvalue weighted by molar-refractivity contribution is -0.129. The first-order valence-electron chi connectivity index (χ1n) is 10.00. The molecule has 0 bridgehead atoms. The second-order valence-corrected chi connectivity index (χ2v) is 8.85. The van der Waals surface area contributed by atoms with Gasteiger partial charge in [0.05, 0.1) is 11.9 Å². The summed E-state index contributed by atoms with van der Waals surface area (Å²) in [6.07, 6.45) is 0. The Kier molecular flexibility index (Phi) is 5.41. The molecule has 29 heavy (non-hydrogen) atoms. The molecule has 6 nitrogen and oxygen atoms in total. The van der Waals surface area contributed by atoms with E-state index in [1.54, 1.807) is 11.3 Å². The molecule has 1 aliphatic rings. The molecule has 0 spiro atoms. The van der Waals surface area contributed by atoms with Gasteiger partial charge in [0, 0.05) is 36.7 Å². The number of rotatable bonds is 4. The second kappa shape index (κ2) is 7.99. The Morgan fingerprint density at radius 3 is 2.59 bits per heavy atom. The molecule has 152 valence electrons. The second-order valence-electron chi connectivity index (χ2n) is 7.64. The molecule has 0 aliphatic carbocycles. The fourth-order valence-corrected chi connectivity index (χ4v) is 4.87. The maximum Gasteiger partial charge on any atom is 0.242 e. The number of anilines is 2. The van der Waals surface area contributed by atoms with Gasteiger partial charge in [0.2, 0.25) is 5.91 Å². The number of aryl methyl sites for hydroxylation is 4. The Balaban J connectivity index is 1.39. The van der Waals surface area contributed by atoms with Crippen LogP contribution in [0.15, 0.2) is 24.3 Å². The number of hydrogen-bond donors (Lipinski definition) is 1. The van der Waals surface area contributed by atoms with Crippen LogP contribution in [-0.4, -0.2) is 53.5 Å². The number of nitrogens with zero attached hydrogens (tertiary/aromatic N) is 4. The first kappa shape index (κ1) is 19.6. The molecule has 4 rings (SSSR count). The lowest BCUT2D eigenvalue weighted by Crippen LogP contribution is -2.50. The SMILES string of the molecule is Cc1cccc(N2CCN(C(=O)CNc3nc(C)nc4sc(C)c(C)c34)CC2)c1. The van der Waals surface area contributed by atoms with Gasteiger partial charge in [-0.15, -0.1) is 11.3 Å². The number of piperazine rings is 1. The van der Waals surface area contributed by atoms with E-state index < -0.39 is 0 Å². The third kappa shape index (κ3) is 4.05. The van der Waals surface area contributed by atoms with Gasteiger partial charge in [-0.3, -0.25) is 4.79 Å². The number of carbonyl (C=O) groups excluding carboxylic acids is 1. The van der Waals surface area contributed by atoms with E-state index >= 15 is 0 Å². The highest BCUT2D eigenvalue weighted by Gasteiger charge is 2.22. The van der Waals surface area contributed by atoms with Crippen LogP contribution in [-0.2, 0) is 4.79 Å². The van der Waals surface area contributed by atoms with Crippen LogP contribution in [0, 0.1) is 27.7 Å². The summed E-state index contributed by atoms with van der Waals surface area (Å²) in [5.41, 5.74) is 3.68. The van der Waals surface area contributed by atoms with Crippen molar-refractivity contribution in [2.24, 2.45) is 0 Å². The quantitative estimate of drug-likeness (QED) is 0.712. The molecular weight excluding hydrogens is 382 g/mol. The molecule has 1 N–H and O–H groups in total. The number of nitrogens with one attached hydrogen (secondary N) is 1. The van der Waals surface area contributed by atoms with Crippen molar-refractivity contribution in [2.75, 3.05) is 42.9 Å². The van der Waals surface area contributed by atoms with Crippen molar-refractivity contribution in [3.8, 4) is 0 Å². The van der Waals surface area contributed by atoms with Gasteiger partial charge in [-0.1, -0.05) is 12.1 Å². The maximum atomic E-state index is 12.8. The molecule has 2 aromatic heterocycles. The van der Waals surface area contributed by atoms with Gasteiger partial charge >= 0.3 is 0 Å². The van der Waals surface area contributed by atoms with E-state index in [0.717, 1.165) is 48.0 Å². The van der Waals surface area contributed by atoms with Gasteiger partial charge in [-0.05, 0) is 51.0 Å². The third-order valence-corrected chi connectivity index (χ3v) is 6.65. The zero-order chi connectivity index (χ0) is 20.5. The summed E-state index contributed by atoms with van der Waals surface area (Å²) in [6.45, 7) is 11.6. The van der Waals surface area contributed by atoms with Crippen molar-refractivity contribution in [1.29, 1.82) is 0 Å². The van der Waals surface area contributed by atoms with Crippen molar-refractivity contribution in [1.82, 2.24) is 14.9 Å². The molecule has 1 fully saturated rings. The van der Waals surface area contributed by atoms with E-state index in [-0.39, 0.29) is 12.5 Å². The molecule has 3 heterocycles. The molecule has 3 aromatic rings. The minimum atomic E-state index is 0.114. The van der Waals surface area contributed by atoms with Gasteiger partial charge < -0.3 is 15.1 Å². The monoisotopic (exact) mass is 409 g/mol. The van der Waals surface area contributed by atoms with Crippen LogP contribution < -0.4 is 10.2 Å². The summed E-state index contributed by atoms with van der Waals surface area (Å²) in [6, 6.07) is 8.54. The summed E-state index contributed by atoms with van der Waals surface area (Å²) in [5, 5.41) is 4.32. The fraction of sp³-hybridized carbons (Fsp3) is 0.409. The van der Waals surface area contributed by atoms with Gasteiger partial charge in [-0.2, -0.15) is 0 Å². The van der Waals surface area contributed by atoms with E-state index in [4.69, 9.17) is 0 Å². The minimum absolute atomic E-state index is 0.114. The zero-order valence-corrected chi connectivity index (χ0v) is 18.3. The number of aromatic nitrogens is 2. The fourth-order valence-electron chi connectivity index (χ4n) is 3.79. The van der Waals surface area contributed by atoms with E-state index in [2.05, 4.69) is 65.2 Å². The van der Waals surface area contributed by atoms with E-state index in [9.17, 15) is 4.79 Å². The van der Waals surface area contributed by atoms with Gasteiger partial charge in [0.1, 0.15) is 16.5 Å². The summed E-state index contributed by atoms with van der Waals surface area (Å²) < 4.78 is 0. The van der Waals surface area contributed by atoms with Crippen molar-refractivity contribution in [2.45, 2.75) is 27.7 Å². The molecular formula is C22H27N5OS. The first-order chi connectivity index (χ1) is 13.9. The number of hydrogen-bond acceptors (Lipinski definition) is 6. The highest BCUT2D eigenvalue weighted by atomic mass is 32.1. The highest BCUT2D eigenvalue weighted by Crippen LogP contribution is 2.33. The zero-order valence-electron chi connectivity index (χ0n) is 17.5. The number of fused-ring (bicyclic) bond motifs is 1. The van der Waals surface area contributed by atoms with E-state index in [0.29, 0.717) is 0 Å². The van der Waals surface area contributed by atoms with Crippen LogP contribution in [0.5, 0.6) is 0 Å². The Morgan fingerprint density at radius 2 is 1.86 bits per heavy atom. The number of amides is 1. The number of benzene rings is 1. The summed E-state index contributed by atoms with van der Waals surface area (Å²) in [7, 11) is 0. The third-order valence-electron chi connectivity index (χ3n) is 5.55. The summed E-state index contributed by atoms with van der Waals surface area (Å²) in [4.78, 5) is 28.4. The van der Waals surface area contributed by atoms with Crippen LogP contribution in [0.3, 0.4) is 0 Å². The Bertz CT molecular complexity index is 1050. The first-order valence-corrected chi connectivity index (χ1v) is 10.8. The largest absolute Gasteiger partial charge is 0.368 e. The molecule has 1 amide bonds. The van der Waals surface area contributed by atoms with Crippen LogP contribution in [0.1, 0.15) is 21.8 Å². The van der Waals surface area contributed by atoms with Crippen LogP contribution in [0.2, 0.25) is 0 Å². The molecule has 7 heteroatoms. The number of carbonyl (C=O) groups is 1. The lowest BCUT2D eigenvalue weighted by atomic mass is 10.2. The summed E-state index contributed by atoms with van der Waals surface area (Å²) in [5.74, 6) is 1.60. The average Bonchev–Trinajstić information content (AvgIpc) is 2.99. The molecule has 1 aromatic carbocycles. The Labute approximate surface area is 175 Å². The van der Waals surface area contributed by atoms with Crippen molar-refractivity contribution >= 4 is 39.0 Å². The topological polar surface area (TPSA) is 61.4 Å². The molecule has 1 aliphatic heterocycles. The van der Waals surface area contributed by atoms with Crippen molar-refractivity contribution < 1.29 is 4.79 Å². The lowest BCUT2D eigenvalue weighted by Gasteiger charge is -2.36. The van der Waals surface area contributed by atoms with Crippen LogP contribution >= 0.6 is 11.3 Å². The van der Waals surface area contributed by atoms with Crippen molar-refractivity contribution in [3.05, 3.63) is 46.1 Å². The Morgan fingerprint density at radius 1 is 1.10 bits per heavy atom. The standard InChI is InChI=1S/C22H27N5OS/c1-14-6-5-7-18(12-14)26-8-10-27(11-9-26)19(28)13-23-21-20-15(2)16(3)29-22(20)25-17(4)24-21/h5-7,12H,8-11,13H2,1-4H3,(H,23,24,25). The normalized spacial score (nSPS) is 14.5. The molecule has 0 saturated carbocycles. The van der Waals surface area contributed by atoms with E-state index in [1.807, 2.05) is 11.8 Å². The van der Waals surface area contributed by atoms with Crippen molar-refractivity contribution in [3.63, 3.8) is 0 Å². The van der Waals surface area contributed by atoms with Crippen LogP contribution in [0.25, 0.3) is 10.2 Å². The van der Waals surface area contributed by atoms with E-state index in [1.165, 1.54) is 21.7 Å². The molecule has 0 unspecified atom stereocenters. The minimum Gasteiger partial charge on any atom is -0.368 e. The van der Waals surface area contributed by atoms with Gasteiger partial charge in [0.25, 0.3) is 0 Å². The number of thiophene rings is 1. The molecule has 0 atom stereocenters. The maximum absolute atomic E-state index is 12.8. The average molecular weight is 410 g/mol. The van der Waals surface area contributed by atoms with Gasteiger partial charge in [-0.25, -0.2) is 9.97 Å². The summed E-state index contributed by atoms with van der Waals surface area (Å²) >= 11 is 1.68. The molecule has 0 radical (unpaired) electrons.